The van der Waals surface area contributed by atoms with Crippen LogP contribution in [0.15, 0.2) is 12.1 Å². The smallest absolute Gasteiger partial charge is 0.342 e. The first-order chi connectivity index (χ1) is 15.8. The van der Waals surface area contributed by atoms with E-state index in [2.05, 4.69) is 0 Å². The lowest BCUT2D eigenvalue weighted by Gasteiger charge is -2.19. The summed E-state index contributed by atoms with van der Waals surface area (Å²) < 4.78 is 15.2. The van der Waals surface area contributed by atoms with E-state index < -0.39 is 73.5 Å². The number of benzene rings is 1. The number of carbonyl (C=O) groups excluding carboxylic acids is 3. The van der Waals surface area contributed by atoms with E-state index in [0.717, 1.165) is 6.07 Å². The highest BCUT2D eigenvalue weighted by molar-refractivity contribution is 5.94. The van der Waals surface area contributed by atoms with Crippen LogP contribution in [0, 0.1) is 0 Å². The Morgan fingerprint density at radius 1 is 0.853 bits per heavy atom. The number of carboxylic acids is 1. The minimum atomic E-state index is -1.27. The minimum Gasteiger partial charge on any atom is -0.508 e. The van der Waals surface area contributed by atoms with Gasteiger partial charge in [0.15, 0.2) is 0 Å². The van der Waals surface area contributed by atoms with Crippen LogP contribution in [0.25, 0.3) is 0 Å². The molecule has 0 saturated heterocycles. The molecule has 0 saturated carbocycles. The highest BCUT2D eigenvalue weighted by atomic mass is 16.6. The van der Waals surface area contributed by atoms with E-state index in [1.165, 1.54) is 26.8 Å². The van der Waals surface area contributed by atoms with Crippen molar-refractivity contribution >= 4 is 23.9 Å². The molecule has 12 nitrogen and oxygen atoms in total. The maximum atomic E-state index is 12.5. The molecular formula is C22H30O12. The molecule has 0 aliphatic carbocycles. The molecule has 0 heterocycles. The van der Waals surface area contributed by atoms with Crippen molar-refractivity contribution in [3.8, 4) is 11.5 Å². The first kappa shape index (κ1) is 28.7. The molecule has 0 aliphatic rings. The largest absolute Gasteiger partial charge is 0.508 e. The van der Waals surface area contributed by atoms with Gasteiger partial charge in [-0.1, -0.05) is 0 Å². The van der Waals surface area contributed by atoms with E-state index in [1.54, 1.807) is 0 Å². The summed E-state index contributed by atoms with van der Waals surface area (Å²) in [5, 5.41) is 46.7. The predicted molar refractivity (Wildman–Crippen MR) is 114 cm³/mol. The van der Waals surface area contributed by atoms with E-state index in [1.807, 2.05) is 0 Å². The van der Waals surface area contributed by atoms with Gasteiger partial charge in [0.05, 0.1) is 32.0 Å². The zero-order chi connectivity index (χ0) is 26.0. The van der Waals surface area contributed by atoms with Gasteiger partial charge >= 0.3 is 23.9 Å². The van der Waals surface area contributed by atoms with Gasteiger partial charge in [0, 0.05) is 12.5 Å². The summed E-state index contributed by atoms with van der Waals surface area (Å²) in [4.78, 5) is 47.0. The molecule has 0 fully saturated rings. The maximum Gasteiger partial charge on any atom is 0.342 e. The van der Waals surface area contributed by atoms with Crippen LogP contribution in [0.4, 0.5) is 0 Å². The number of carboxylic acid groups (broad SMARTS) is 1. The molecule has 1 rings (SSSR count). The summed E-state index contributed by atoms with van der Waals surface area (Å²) in [5.41, 5.74) is -0.203. The van der Waals surface area contributed by atoms with Gasteiger partial charge in [-0.25, -0.2) is 4.79 Å². The Hall–Kier alpha value is -3.38. The number of phenols is 2. The number of hydrogen-bond donors (Lipinski definition) is 5. The number of esters is 3. The molecule has 1 aromatic rings. The minimum absolute atomic E-state index is 0.0998. The summed E-state index contributed by atoms with van der Waals surface area (Å²) in [7, 11) is 0. The van der Waals surface area contributed by atoms with Gasteiger partial charge in [0.1, 0.15) is 35.4 Å². The van der Waals surface area contributed by atoms with E-state index in [4.69, 9.17) is 24.4 Å². The molecule has 0 amide bonds. The molecular weight excluding hydrogens is 456 g/mol. The molecule has 0 radical (unpaired) electrons. The van der Waals surface area contributed by atoms with Gasteiger partial charge < -0.3 is 39.7 Å². The van der Waals surface area contributed by atoms with Crippen molar-refractivity contribution in [3.05, 3.63) is 23.3 Å². The van der Waals surface area contributed by atoms with Crippen LogP contribution in [0.2, 0.25) is 0 Å². The molecule has 0 spiro atoms. The molecule has 4 atom stereocenters. The zero-order valence-corrected chi connectivity index (χ0v) is 19.1. The van der Waals surface area contributed by atoms with Crippen LogP contribution in [0.3, 0.4) is 0 Å². The van der Waals surface area contributed by atoms with E-state index in [-0.39, 0.29) is 29.7 Å². The third kappa shape index (κ3) is 10.0. The van der Waals surface area contributed by atoms with Crippen molar-refractivity contribution < 1.29 is 58.9 Å². The summed E-state index contributed by atoms with van der Waals surface area (Å²) >= 11 is 0. The standard InChI is InChI=1S/C22H30O12/c1-11(32-19(29)6-13(3)33-20(30)9-16(25)10-23)4-14-7-15(24)8-17(26)21(14)22(31)34-12(2)5-18(27)28/h7-8,11-13,16,23-26H,4-6,9-10H2,1-3H3,(H,27,28)/t11-,12+,13-,16-/m1/s1. The average molecular weight is 486 g/mol. The van der Waals surface area contributed by atoms with E-state index >= 15 is 0 Å². The number of aliphatic carboxylic acids is 1. The highest BCUT2D eigenvalue weighted by Gasteiger charge is 2.25. The molecule has 5 N–H and O–H groups in total. The fraction of sp³-hybridized carbons (Fsp3) is 0.545. The van der Waals surface area contributed by atoms with Gasteiger partial charge in [-0.3, -0.25) is 14.4 Å². The SMILES string of the molecule is C[C@H](CC(=O)O[C@H](C)Cc1cc(O)cc(O)c1C(=O)O[C@@H](C)CC(=O)O)OC(=O)C[C@@H](O)CO. The van der Waals surface area contributed by atoms with Crippen molar-refractivity contribution in [2.75, 3.05) is 6.61 Å². The van der Waals surface area contributed by atoms with Crippen LogP contribution in [-0.2, 0) is 35.0 Å². The second kappa shape index (κ2) is 13.4. The summed E-state index contributed by atoms with van der Waals surface area (Å²) in [6.07, 6.45) is -5.25. The molecule has 34 heavy (non-hydrogen) atoms. The molecule has 1 aromatic carbocycles. The second-order valence-corrected chi connectivity index (χ2v) is 7.86. The van der Waals surface area contributed by atoms with Gasteiger partial charge in [0.2, 0.25) is 0 Å². The monoisotopic (exact) mass is 486 g/mol. The number of hydrogen-bond acceptors (Lipinski definition) is 11. The number of carbonyl (C=O) groups is 4. The van der Waals surface area contributed by atoms with Gasteiger partial charge in [-0.2, -0.15) is 0 Å². The van der Waals surface area contributed by atoms with Gasteiger partial charge in [-0.05, 0) is 32.4 Å². The Bertz CT molecular complexity index is 881. The predicted octanol–water partition coefficient (Wildman–Crippen LogP) is 0.657. The zero-order valence-electron chi connectivity index (χ0n) is 19.1. The number of ether oxygens (including phenoxy) is 3. The van der Waals surface area contributed by atoms with Crippen molar-refractivity contribution in [1.29, 1.82) is 0 Å². The second-order valence-electron chi connectivity index (χ2n) is 7.86. The van der Waals surface area contributed by atoms with Crippen molar-refractivity contribution in [2.45, 2.75) is 70.9 Å². The number of aliphatic hydroxyl groups excluding tert-OH is 2. The van der Waals surface area contributed by atoms with Crippen molar-refractivity contribution in [2.24, 2.45) is 0 Å². The highest BCUT2D eigenvalue weighted by Crippen LogP contribution is 2.30. The topological polar surface area (TPSA) is 197 Å². The number of rotatable bonds is 13. The molecule has 0 aliphatic heterocycles. The lowest BCUT2D eigenvalue weighted by atomic mass is 10.00. The Morgan fingerprint density at radius 3 is 2.00 bits per heavy atom. The lowest BCUT2D eigenvalue weighted by molar-refractivity contribution is -0.157. The van der Waals surface area contributed by atoms with Crippen LogP contribution in [-0.4, -0.2) is 80.4 Å². The molecule has 0 unspecified atom stereocenters. The molecule has 0 aromatic heterocycles. The number of phenolic OH excluding ortho intramolecular Hbond substituents is 2. The number of aliphatic hydroxyl groups is 2. The third-order valence-electron chi connectivity index (χ3n) is 4.40. The maximum absolute atomic E-state index is 12.5. The third-order valence-corrected chi connectivity index (χ3v) is 4.40. The van der Waals surface area contributed by atoms with Gasteiger partial charge in [-0.15, -0.1) is 0 Å². The first-order valence-electron chi connectivity index (χ1n) is 10.5. The van der Waals surface area contributed by atoms with E-state index in [9.17, 15) is 34.5 Å². The molecule has 190 valence electrons. The van der Waals surface area contributed by atoms with Crippen molar-refractivity contribution in [3.63, 3.8) is 0 Å². The van der Waals surface area contributed by atoms with Gasteiger partial charge in [0.25, 0.3) is 0 Å². The van der Waals surface area contributed by atoms with Crippen LogP contribution in [0.1, 0.15) is 56.0 Å². The Labute approximate surface area is 195 Å². The number of aromatic hydroxyl groups is 2. The first-order valence-corrected chi connectivity index (χ1v) is 10.5. The van der Waals surface area contributed by atoms with E-state index in [0.29, 0.717) is 0 Å². The molecule has 12 heteroatoms. The average Bonchev–Trinajstić information content (AvgIpc) is 2.65. The quantitative estimate of drug-likeness (QED) is 0.193. The van der Waals surface area contributed by atoms with Crippen molar-refractivity contribution in [1.82, 2.24) is 0 Å². The molecule has 0 bridgehead atoms. The lowest BCUT2D eigenvalue weighted by Crippen LogP contribution is -2.26. The van der Waals surface area contributed by atoms with Crippen LogP contribution < -0.4 is 0 Å². The van der Waals surface area contributed by atoms with Crippen LogP contribution in [0.5, 0.6) is 11.5 Å². The summed E-state index contributed by atoms with van der Waals surface area (Å²) in [5.74, 6) is -4.67. The Kier molecular flexibility index (Phi) is 11.3. The normalized spacial score (nSPS) is 14.4. The Balaban J connectivity index is 2.79. The fourth-order valence-electron chi connectivity index (χ4n) is 3.02. The summed E-state index contributed by atoms with van der Waals surface area (Å²) in [6, 6.07) is 2.10. The van der Waals surface area contributed by atoms with Crippen LogP contribution >= 0.6 is 0 Å². The summed E-state index contributed by atoms with van der Waals surface area (Å²) in [6.45, 7) is 3.69. The fourth-order valence-corrected chi connectivity index (χ4v) is 3.02. The Morgan fingerprint density at radius 2 is 1.41 bits per heavy atom.